The molecule has 6 nitrogen and oxygen atoms in total. The van der Waals surface area contributed by atoms with Gasteiger partial charge in [-0.1, -0.05) is 0 Å². The third kappa shape index (κ3) is 4.18. The summed E-state index contributed by atoms with van der Waals surface area (Å²) >= 11 is 0. The van der Waals surface area contributed by atoms with E-state index in [1.165, 1.54) is 6.42 Å². The van der Waals surface area contributed by atoms with Gasteiger partial charge in [-0.05, 0) is 44.7 Å². The molecule has 1 aliphatic heterocycles. The lowest BCUT2D eigenvalue weighted by Crippen LogP contribution is -2.38. The van der Waals surface area contributed by atoms with Crippen LogP contribution in [0.15, 0.2) is 30.7 Å². The van der Waals surface area contributed by atoms with Gasteiger partial charge < -0.3 is 14.2 Å². The number of anilines is 1. The average molecular weight is 342 g/mol. The zero-order chi connectivity index (χ0) is 17.8. The maximum Gasteiger partial charge on any atom is 0.342 e. The molecule has 25 heavy (non-hydrogen) atoms. The normalized spacial score (nSPS) is 17.8. The van der Waals surface area contributed by atoms with Crippen LogP contribution < -0.4 is 4.90 Å². The van der Waals surface area contributed by atoms with E-state index >= 15 is 0 Å². The summed E-state index contributed by atoms with van der Waals surface area (Å²) in [5, 5.41) is 0. The van der Waals surface area contributed by atoms with Crippen molar-refractivity contribution in [1.29, 1.82) is 0 Å². The second-order valence-electron chi connectivity index (χ2n) is 6.94. The number of imidazole rings is 1. The quantitative estimate of drug-likeness (QED) is 0.782. The number of hydrogen-bond acceptors (Lipinski definition) is 5. The van der Waals surface area contributed by atoms with Crippen molar-refractivity contribution in [3.8, 4) is 0 Å². The first-order valence-corrected chi connectivity index (χ1v) is 8.91. The first-order valence-electron chi connectivity index (χ1n) is 8.91. The maximum absolute atomic E-state index is 12.4. The van der Waals surface area contributed by atoms with Crippen molar-refractivity contribution in [1.82, 2.24) is 14.5 Å². The number of hydrogen-bond donors (Lipinski definition) is 0. The van der Waals surface area contributed by atoms with E-state index in [4.69, 9.17) is 4.74 Å². The lowest BCUT2D eigenvalue weighted by Gasteiger charge is -2.34. The topological polar surface area (TPSA) is 60.2 Å². The molecular formula is C19H26N4O2. The molecule has 0 unspecified atom stereocenters. The fourth-order valence-corrected chi connectivity index (χ4v) is 3.36. The number of carbonyl (C=O) groups is 1. The van der Waals surface area contributed by atoms with Gasteiger partial charge >= 0.3 is 5.97 Å². The minimum atomic E-state index is -0.302. The van der Waals surface area contributed by atoms with E-state index in [1.54, 1.807) is 18.3 Å². The van der Waals surface area contributed by atoms with Gasteiger partial charge in [0, 0.05) is 45.1 Å². The van der Waals surface area contributed by atoms with Crippen molar-refractivity contribution < 1.29 is 9.53 Å². The molecule has 1 atom stereocenters. The smallest absolute Gasteiger partial charge is 0.342 e. The van der Waals surface area contributed by atoms with Crippen molar-refractivity contribution >= 4 is 11.8 Å². The van der Waals surface area contributed by atoms with Crippen LogP contribution in [0.4, 0.5) is 5.82 Å². The standard InChI is InChI=1S/C19H26N4O2/c1-14(2)25-19(24)16-7-4-8-21-18(16)23-10-5-6-15(13-23)12-17-20-9-11-22(17)3/h4,7-9,11,14-15H,5-6,10,12-13H2,1-3H3/t15-/m0/s1. The first kappa shape index (κ1) is 17.5. The Morgan fingerprint density at radius 3 is 2.92 bits per heavy atom. The maximum atomic E-state index is 12.4. The largest absolute Gasteiger partial charge is 0.459 e. The van der Waals surface area contributed by atoms with Gasteiger partial charge in [0.15, 0.2) is 0 Å². The van der Waals surface area contributed by atoms with Crippen LogP contribution in [0.25, 0.3) is 0 Å². The van der Waals surface area contributed by atoms with Gasteiger partial charge in [-0.25, -0.2) is 14.8 Å². The summed E-state index contributed by atoms with van der Waals surface area (Å²) < 4.78 is 7.45. The molecule has 0 bridgehead atoms. The highest BCUT2D eigenvalue weighted by atomic mass is 16.5. The third-order valence-corrected chi connectivity index (χ3v) is 4.56. The molecule has 1 fully saturated rings. The minimum Gasteiger partial charge on any atom is -0.459 e. The Hall–Kier alpha value is -2.37. The van der Waals surface area contributed by atoms with Gasteiger partial charge in [0.2, 0.25) is 0 Å². The molecule has 0 aliphatic carbocycles. The summed E-state index contributed by atoms with van der Waals surface area (Å²) in [7, 11) is 2.03. The predicted octanol–water partition coefficient (Wildman–Crippen LogP) is 2.84. The summed E-state index contributed by atoms with van der Waals surface area (Å²) in [6, 6.07) is 3.59. The first-order chi connectivity index (χ1) is 12.0. The van der Waals surface area contributed by atoms with Crippen LogP contribution in [-0.2, 0) is 18.2 Å². The molecule has 0 spiro atoms. The number of pyridine rings is 1. The van der Waals surface area contributed by atoms with E-state index in [2.05, 4.69) is 19.4 Å². The summed E-state index contributed by atoms with van der Waals surface area (Å²) in [6.07, 6.45) is 8.62. The third-order valence-electron chi connectivity index (χ3n) is 4.56. The SMILES string of the molecule is CC(C)OC(=O)c1cccnc1N1CCC[C@@H](Cc2nccn2C)C1. The number of rotatable bonds is 5. The number of nitrogens with zero attached hydrogens (tertiary/aromatic N) is 4. The fourth-order valence-electron chi connectivity index (χ4n) is 3.36. The van der Waals surface area contributed by atoms with Crippen LogP contribution in [0.3, 0.4) is 0 Å². The molecule has 3 heterocycles. The summed E-state index contributed by atoms with van der Waals surface area (Å²) in [5.41, 5.74) is 0.550. The lowest BCUT2D eigenvalue weighted by molar-refractivity contribution is 0.0378. The van der Waals surface area contributed by atoms with E-state index in [9.17, 15) is 4.79 Å². The second-order valence-corrected chi connectivity index (χ2v) is 6.94. The van der Waals surface area contributed by atoms with Gasteiger partial charge in [0.25, 0.3) is 0 Å². The van der Waals surface area contributed by atoms with E-state index in [0.717, 1.165) is 37.6 Å². The molecule has 0 saturated carbocycles. The minimum absolute atomic E-state index is 0.141. The molecule has 0 amide bonds. The zero-order valence-electron chi connectivity index (χ0n) is 15.2. The van der Waals surface area contributed by atoms with Gasteiger partial charge in [-0.3, -0.25) is 0 Å². The van der Waals surface area contributed by atoms with Crippen molar-refractivity contribution in [3.05, 3.63) is 42.1 Å². The Labute approximate surface area is 148 Å². The molecule has 3 rings (SSSR count). The Morgan fingerprint density at radius 2 is 2.20 bits per heavy atom. The fraction of sp³-hybridized carbons (Fsp3) is 0.526. The lowest BCUT2D eigenvalue weighted by atomic mass is 9.94. The number of carbonyl (C=O) groups excluding carboxylic acids is 1. The molecule has 0 radical (unpaired) electrons. The summed E-state index contributed by atoms with van der Waals surface area (Å²) in [5.74, 6) is 2.04. The highest BCUT2D eigenvalue weighted by Gasteiger charge is 2.26. The van der Waals surface area contributed by atoms with E-state index < -0.39 is 0 Å². The van der Waals surface area contributed by atoms with Crippen LogP contribution in [0.2, 0.25) is 0 Å². The summed E-state index contributed by atoms with van der Waals surface area (Å²) in [4.78, 5) is 23.5. The molecule has 134 valence electrons. The molecule has 2 aromatic rings. The molecule has 2 aromatic heterocycles. The Bertz CT molecular complexity index is 726. The second kappa shape index (κ2) is 7.68. The monoisotopic (exact) mass is 342 g/mol. The van der Waals surface area contributed by atoms with E-state index in [1.807, 2.05) is 33.3 Å². The number of aromatic nitrogens is 3. The number of aryl methyl sites for hydroxylation is 1. The van der Waals surface area contributed by atoms with Crippen LogP contribution in [-0.4, -0.2) is 39.7 Å². The van der Waals surface area contributed by atoms with Crippen molar-refractivity contribution in [2.24, 2.45) is 13.0 Å². The molecule has 1 saturated heterocycles. The van der Waals surface area contributed by atoms with Gasteiger partial charge in [-0.2, -0.15) is 0 Å². The zero-order valence-corrected chi connectivity index (χ0v) is 15.2. The highest BCUT2D eigenvalue weighted by Crippen LogP contribution is 2.26. The van der Waals surface area contributed by atoms with Crippen molar-refractivity contribution in [2.45, 2.75) is 39.2 Å². The average Bonchev–Trinajstić information content (AvgIpc) is 2.99. The van der Waals surface area contributed by atoms with Gasteiger partial charge in [0.05, 0.1) is 6.10 Å². The van der Waals surface area contributed by atoms with Crippen molar-refractivity contribution in [3.63, 3.8) is 0 Å². The predicted molar refractivity (Wildman–Crippen MR) is 96.6 cm³/mol. The number of piperidine rings is 1. The van der Waals surface area contributed by atoms with Gasteiger partial charge in [0.1, 0.15) is 17.2 Å². The Morgan fingerprint density at radius 1 is 1.36 bits per heavy atom. The Balaban J connectivity index is 1.75. The van der Waals surface area contributed by atoms with Crippen LogP contribution in [0.1, 0.15) is 42.9 Å². The van der Waals surface area contributed by atoms with Crippen LogP contribution >= 0.6 is 0 Å². The van der Waals surface area contributed by atoms with Crippen LogP contribution in [0.5, 0.6) is 0 Å². The van der Waals surface area contributed by atoms with Gasteiger partial charge in [-0.15, -0.1) is 0 Å². The molecule has 0 aromatic carbocycles. The molecule has 0 N–H and O–H groups in total. The molecule has 1 aliphatic rings. The molecule has 6 heteroatoms. The Kier molecular flexibility index (Phi) is 5.36. The molecular weight excluding hydrogens is 316 g/mol. The van der Waals surface area contributed by atoms with E-state index in [-0.39, 0.29) is 12.1 Å². The van der Waals surface area contributed by atoms with Crippen LogP contribution in [0, 0.1) is 5.92 Å². The number of esters is 1. The van der Waals surface area contributed by atoms with E-state index in [0.29, 0.717) is 11.5 Å². The summed E-state index contributed by atoms with van der Waals surface area (Å²) in [6.45, 7) is 5.51. The van der Waals surface area contributed by atoms with Crippen molar-refractivity contribution in [2.75, 3.05) is 18.0 Å². The number of ether oxygens (including phenoxy) is 1. The highest BCUT2D eigenvalue weighted by molar-refractivity contribution is 5.94.